The van der Waals surface area contributed by atoms with Crippen molar-refractivity contribution in [2.45, 2.75) is 52.4 Å². The third kappa shape index (κ3) is 4.66. The molecule has 0 unspecified atom stereocenters. The fraction of sp³-hybridized carbons (Fsp3) is 0.348. The molecular weight excluding hydrogens is 330 g/mol. The van der Waals surface area contributed by atoms with E-state index < -0.39 is 11.6 Å². The normalized spacial score (nSPS) is 12.6. The summed E-state index contributed by atoms with van der Waals surface area (Å²) in [5, 5.41) is 0. The first-order valence-corrected chi connectivity index (χ1v) is 8.72. The molecule has 0 spiro atoms. The van der Waals surface area contributed by atoms with Gasteiger partial charge >= 0.3 is 0 Å². The molecule has 26 heavy (non-hydrogen) atoms. The largest absolute Gasteiger partial charge is 0.289 e. The second-order valence-electron chi connectivity index (χ2n) is 8.63. The molecule has 138 valence electrons. The van der Waals surface area contributed by atoms with Gasteiger partial charge in [-0.15, -0.1) is 0 Å². The fourth-order valence-corrected chi connectivity index (χ4v) is 2.73. The van der Waals surface area contributed by atoms with E-state index in [4.69, 9.17) is 0 Å². The van der Waals surface area contributed by atoms with Gasteiger partial charge in [0.2, 0.25) is 0 Å². The number of hydrogen-bond donors (Lipinski definition) is 0. The lowest BCUT2D eigenvalue weighted by Crippen LogP contribution is -2.17. The van der Waals surface area contributed by atoms with Gasteiger partial charge in [-0.05, 0) is 51.8 Å². The zero-order chi connectivity index (χ0) is 19.7. The lowest BCUT2D eigenvalue weighted by Gasteiger charge is -2.26. The maximum Gasteiger partial charge on any atom is 0.185 e. The van der Waals surface area contributed by atoms with Crippen LogP contribution in [0.5, 0.6) is 0 Å². The van der Waals surface area contributed by atoms with Gasteiger partial charge in [0, 0.05) is 5.56 Å². The predicted octanol–water partition coefficient (Wildman–Crippen LogP) is 6.46. The monoisotopic (exact) mass is 356 g/mol. The Morgan fingerprint density at radius 3 is 2.04 bits per heavy atom. The number of allylic oxidation sites excluding steroid dienone is 1. The van der Waals surface area contributed by atoms with Crippen molar-refractivity contribution in [3.05, 3.63) is 76.4 Å². The third-order valence-corrected chi connectivity index (χ3v) is 4.35. The van der Waals surface area contributed by atoms with Gasteiger partial charge in [-0.25, -0.2) is 8.78 Å². The highest BCUT2D eigenvalue weighted by Gasteiger charge is 2.21. The van der Waals surface area contributed by atoms with Crippen molar-refractivity contribution >= 4 is 11.9 Å². The number of hydrogen-bond acceptors (Lipinski definition) is 1. The van der Waals surface area contributed by atoms with Gasteiger partial charge in [0.15, 0.2) is 17.4 Å². The average Bonchev–Trinajstić information content (AvgIpc) is 2.53. The topological polar surface area (TPSA) is 17.1 Å². The molecule has 0 aliphatic heterocycles. The molecule has 2 rings (SSSR count). The van der Waals surface area contributed by atoms with Crippen LogP contribution in [0.4, 0.5) is 8.78 Å². The SMILES string of the molecule is CC(C)(C)c1ccc(/C=C/C(=O)c2ccc(F)c(F)c2)c(C(C)(C)C)c1. The minimum Gasteiger partial charge on any atom is -0.289 e. The summed E-state index contributed by atoms with van der Waals surface area (Å²) in [5.74, 6) is -2.34. The van der Waals surface area contributed by atoms with Gasteiger partial charge < -0.3 is 0 Å². The minimum atomic E-state index is -1.02. The van der Waals surface area contributed by atoms with E-state index in [1.165, 1.54) is 17.7 Å². The number of halogens is 2. The summed E-state index contributed by atoms with van der Waals surface area (Å²) in [6.45, 7) is 12.9. The van der Waals surface area contributed by atoms with Crippen molar-refractivity contribution in [3.63, 3.8) is 0 Å². The number of carbonyl (C=O) groups excluding carboxylic acids is 1. The van der Waals surface area contributed by atoms with Crippen LogP contribution in [-0.4, -0.2) is 5.78 Å². The van der Waals surface area contributed by atoms with E-state index in [-0.39, 0.29) is 22.2 Å². The van der Waals surface area contributed by atoms with Crippen LogP contribution in [0, 0.1) is 11.6 Å². The Morgan fingerprint density at radius 1 is 0.846 bits per heavy atom. The first-order chi connectivity index (χ1) is 11.9. The molecule has 2 aromatic carbocycles. The highest BCUT2D eigenvalue weighted by atomic mass is 19.2. The summed E-state index contributed by atoms with van der Waals surface area (Å²) in [6, 6.07) is 9.44. The van der Waals surface area contributed by atoms with Crippen LogP contribution < -0.4 is 0 Å². The Labute approximate surface area is 154 Å². The minimum absolute atomic E-state index is 0.0315. The highest BCUT2D eigenvalue weighted by molar-refractivity contribution is 6.06. The first-order valence-electron chi connectivity index (χ1n) is 8.72. The van der Waals surface area contributed by atoms with Crippen molar-refractivity contribution < 1.29 is 13.6 Å². The number of ketones is 1. The Morgan fingerprint density at radius 2 is 1.50 bits per heavy atom. The molecule has 0 radical (unpaired) electrons. The van der Waals surface area contributed by atoms with Gasteiger partial charge in [-0.1, -0.05) is 65.8 Å². The molecule has 0 saturated heterocycles. The standard InChI is InChI=1S/C23H26F2O/c1-22(2,3)17-10-7-15(18(14-17)23(4,5)6)9-12-21(26)16-8-11-19(24)20(25)13-16/h7-14H,1-6H3/b12-9+. The van der Waals surface area contributed by atoms with Crippen LogP contribution in [0.2, 0.25) is 0 Å². The maximum atomic E-state index is 13.3. The molecule has 0 aromatic heterocycles. The molecule has 0 saturated carbocycles. The Kier molecular flexibility index (Phi) is 5.50. The second kappa shape index (κ2) is 7.14. The highest BCUT2D eigenvalue weighted by Crippen LogP contribution is 2.32. The molecule has 0 bridgehead atoms. The Balaban J connectivity index is 2.40. The third-order valence-electron chi connectivity index (χ3n) is 4.35. The quantitative estimate of drug-likeness (QED) is 0.456. The van der Waals surface area contributed by atoms with Crippen LogP contribution in [0.15, 0.2) is 42.5 Å². The van der Waals surface area contributed by atoms with Crippen molar-refractivity contribution in [2.24, 2.45) is 0 Å². The lowest BCUT2D eigenvalue weighted by molar-refractivity contribution is 0.104. The predicted molar refractivity (Wildman–Crippen MR) is 104 cm³/mol. The summed E-state index contributed by atoms with van der Waals surface area (Å²) in [7, 11) is 0. The molecule has 0 amide bonds. The van der Waals surface area contributed by atoms with Crippen LogP contribution in [0.1, 0.15) is 68.6 Å². The summed E-state index contributed by atoms with van der Waals surface area (Å²) in [5.41, 5.74) is 3.38. The summed E-state index contributed by atoms with van der Waals surface area (Å²) in [4.78, 5) is 12.3. The molecule has 0 atom stereocenters. The smallest absolute Gasteiger partial charge is 0.185 e. The van der Waals surface area contributed by atoms with Crippen LogP contribution in [-0.2, 0) is 10.8 Å². The molecule has 3 heteroatoms. The van der Waals surface area contributed by atoms with Gasteiger partial charge in [0.1, 0.15) is 0 Å². The van der Waals surface area contributed by atoms with Gasteiger partial charge in [-0.2, -0.15) is 0 Å². The van der Waals surface area contributed by atoms with Crippen molar-refractivity contribution in [1.29, 1.82) is 0 Å². The number of rotatable bonds is 3. The van der Waals surface area contributed by atoms with Crippen LogP contribution in [0.3, 0.4) is 0 Å². The van der Waals surface area contributed by atoms with E-state index in [0.717, 1.165) is 23.3 Å². The average molecular weight is 356 g/mol. The Hall–Kier alpha value is -2.29. The molecular formula is C23H26F2O. The molecule has 0 aliphatic carbocycles. The summed E-state index contributed by atoms with van der Waals surface area (Å²) < 4.78 is 26.4. The van der Waals surface area contributed by atoms with Gasteiger partial charge in [0.25, 0.3) is 0 Å². The van der Waals surface area contributed by atoms with E-state index in [1.807, 2.05) is 6.07 Å². The van der Waals surface area contributed by atoms with E-state index in [1.54, 1.807) is 6.08 Å². The van der Waals surface area contributed by atoms with Crippen molar-refractivity contribution in [2.75, 3.05) is 0 Å². The van der Waals surface area contributed by atoms with Gasteiger partial charge in [0.05, 0.1) is 0 Å². The molecule has 0 fully saturated rings. The fourth-order valence-electron chi connectivity index (χ4n) is 2.73. The van der Waals surface area contributed by atoms with Crippen LogP contribution in [0.25, 0.3) is 6.08 Å². The van der Waals surface area contributed by atoms with E-state index >= 15 is 0 Å². The van der Waals surface area contributed by atoms with Crippen molar-refractivity contribution in [3.8, 4) is 0 Å². The Bertz CT molecular complexity index is 849. The lowest BCUT2D eigenvalue weighted by atomic mass is 9.78. The zero-order valence-electron chi connectivity index (χ0n) is 16.3. The van der Waals surface area contributed by atoms with E-state index in [2.05, 4.69) is 53.7 Å². The molecule has 2 aromatic rings. The molecule has 0 aliphatic rings. The second-order valence-corrected chi connectivity index (χ2v) is 8.63. The first kappa shape index (κ1) is 20.0. The number of carbonyl (C=O) groups is 1. The van der Waals surface area contributed by atoms with E-state index in [9.17, 15) is 13.6 Å². The van der Waals surface area contributed by atoms with Gasteiger partial charge in [-0.3, -0.25) is 4.79 Å². The zero-order valence-corrected chi connectivity index (χ0v) is 16.3. The van der Waals surface area contributed by atoms with E-state index in [0.29, 0.717) is 0 Å². The summed E-state index contributed by atoms with van der Waals surface area (Å²) in [6.07, 6.45) is 3.16. The summed E-state index contributed by atoms with van der Waals surface area (Å²) >= 11 is 0. The molecule has 1 nitrogen and oxygen atoms in total. The van der Waals surface area contributed by atoms with Crippen LogP contribution >= 0.6 is 0 Å². The number of benzene rings is 2. The maximum absolute atomic E-state index is 13.3. The molecule has 0 N–H and O–H groups in total. The van der Waals surface area contributed by atoms with Crippen molar-refractivity contribution in [1.82, 2.24) is 0 Å². The molecule has 0 heterocycles.